The third-order valence-corrected chi connectivity index (χ3v) is 0.287. The summed E-state index contributed by atoms with van der Waals surface area (Å²) in [5.41, 5.74) is 4.89. The summed E-state index contributed by atoms with van der Waals surface area (Å²) < 4.78 is 3.94. The zero-order valence-electron chi connectivity index (χ0n) is 3.92. The smallest absolute Gasteiger partial charge is 0.450 e. The standard InChI is InChI=1S/C3H7NO3/c1-2(4)7-3(5)6/h2H,4H2,1H3,(H,5,6). The maximum atomic E-state index is 9.51. The molecular formula is C3H7NO3. The number of hydrogen-bond donors (Lipinski definition) is 2. The molecule has 0 aromatic rings. The first kappa shape index (κ1) is 6.23. The van der Waals surface area contributed by atoms with E-state index in [4.69, 9.17) is 10.8 Å². The van der Waals surface area contributed by atoms with Crippen LogP contribution in [0.15, 0.2) is 0 Å². The van der Waals surface area contributed by atoms with Gasteiger partial charge in [0.15, 0.2) is 6.23 Å². The van der Waals surface area contributed by atoms with Gasteiger partial charge >= 0.3 is 6.16 Å². The Morgan fingerprint density at radius 3 is 2.43 bits per heavy atom. The molecule has 3 N–H and O–H groups in total. The summed E-state index contributed by atoms with van der Waals surface area (Å²) in [7, 11) is 0. The van der Waals surface area contributed by atoms with Crippen molar-refractivity contribution in [3.05, 3.63) is 0 Å². The molecule has 0 aliphatic heterocycles. The molecule has 7 heavy (non-hydrogen) atoms. The summed E-state index contributed by atoms with van der Waals surface area (Å²) in [5.74, 6) is 0. The van der Waals surface area contributed by atoms with Gasteiger partial charge in [0.1, 0.15) is 0 Å². The molecule has 0 amide bonds. The van der Waals surface area contributed by atoms with Crippen LogP contribution in [0.4, 0.5) is 4.79 Å². The molecule has 0 spiro atoms. The predicted molar refractivity (Wildman–Crippen MR) is 22.8 cm³/mol. The van der Waals surface area contributed by atoms with Gasteiger partial charge in [0, 0.05) is 0 Å². The SMILES string of the molecule is CC(N)OC(=O)O. The van der Waals surface area contributed by atoms with Crippen molar-refractivity contribution in [2.75, 3.05) is 0 Å². The van der Waals surface area contributed by atoms with Crippen LogP contribution in [0.2, 0.25) is 0 Å². The van der Waals surface area contributed by atoms with E-state index in [1.165, 1.54) is 6.92 Å². The largest absolute Gasteiger partial charge is 0.507 e. The molecule has 42 valence electrons. The summed E-state index contributed by atoms with van der Waals surface area (Å²) in [6.45, 7) is 1.44. The molecule has 0 saturated carbocycles. The van der Waals surface area contributed by atoms with E-state index in [1.54, 1.807) is 0 Å². The summed E-state index contributed by atoms with van der Waals surface area (Å²) in [6, 6.07) is 0. The van der Waals surface area contributed by atoms with E-state index in [9.17, 15) is 4.79 Å². The Kier molecular flexibility index (Phi) is 2.15. The van der Waals surface area contributed by atoms with Crippen LogP contribution >= 0.6 is 0 Å². The fourth-order valence-electron chi connectivity index (χ4n) is 0.159. The Labute approximate surface area is 40.9 Å². The van der Waals surface area contributed by atoms with Gasteiger partial charge in [0.25, 0.3) is 0 Å². The lowest BCUT2D eigenvalue weighted by Gasteiger charge is -2.00. The van der Waals surface area contributed by atoms with E-state index < -0.39 is 12.4 Å². The molecular weight excluding hydrogens is 98.0 g/mol. The molecule has 0 bridgehead atoms. The van der Waals surface area contributed by atoms with Gasteiger partial charge in [-0.3, -0.25) is 5.73 Å². The lowest BCUT2D eigenvalue weighted by atomic mass is 10.7. The quantitative estimate of drug-likeness (QED) is 0.363. The van der Waals surface area contributed by atoms with Gasteiger partial charge in [-0.05, 0) is 6.92 Å². The molecule has 0 saturated heterocycles. The first-order chi connectivity index (χ1) is 3.13. The molecule has 1 atom stereocenters. The molecule has 4 nitrogen and oxygen atoms in total. The van der Waals surface area contributed by atoms with E-state index in [-0.39, 0.29) is 0 Å². The van der Waals surface area contributed by atoms with Crippen molar-refractivity contribution in [1.29, 1.82) is 0 Å². The first-order valence-corrected chi connectivity index (χ1v) is 1.78. The second kappa shape index (κ2) is 2.41. The summed E-state index contributed by atoms with van der Waals surface area (Å²) in [5, 5.41) is 7.78. The van der Waals surface area contributed by atoms with Gasteiger partial charge in [-0.25, -0.2) is 4.79 Å². The molecule has 0 radical (unpaired) electrons. The van der Waals surface area contributed by atoms with Crippen molar-refractivity contribution in [2.24, 2.45) is 5.73 Å². The van der Waals surface area contributed by atoms with Gasteiger partial charge in [0.2, 0.25) is 0 Å². The second-order valence-corrected chi connectivity index (χ2v) is 1.09. The van der Waals surface area contributed by atoms with Crippen LogP contribution < -0.4 is 5.73 Å². The lowest BCUT2D eigenvalue weighted by Crippen LogP contribution is -2.21. The van der Waals surface area contributed by atoms with E-state index >= 15 is 0 Å². The summed E-state index contributed by atoms with van der Waals surface area (Å²) >= 11 is 0. The van der Waals surface area contributed by atoms with Crippen molar-refractivity contribution >= 4 is 6.16 Å². The number of nitrogens with two attached hydrogens (primary N) is 1. The monoisotopic (exact) mass is 105 g/mol. The Bertz CT molecular complexity index is 70.6. The van der Waals surface area contributed by atoms with Crippen molar-refractivity contribution < 1.29 is 14.6 Å². The highest BCUT2D eigenvalue weighted by Gasteiger charge is 1.97. The Balaban J connectivity index is 3.13. The highest BCUT2D eigenvalue weighted by molar-refractivity contribution is 5.56. The maximum Gasteiger partial charge on any atom is 0.507 e. The number of carbonyl (C=O) groups is 1. The minimum Gasteiger partial charge on any atom is -0.450 e. The van der Waals surface area contributed by atoms with Gasteiger partial charge in [-0.15, -0.1) is 0 Å². The predicted octanol–water partition coefficient (Wildman–Crippen LogP) is -0.0143. The number of carboxylic acid groups (broad SMARTS) is 1. The van der Waals surface area contributed by atoms with Crippen LogP contribution in [0.3, 0.4) is 0 Å². The minimum absolute atomic E-state index is 0.725. The number of ether oxygens (including phenoxy) is 1. The molecule has 4 heteroatoms. The van der Waals surface area contributed by atoms with Crippen LogP contribution in [0.25, 0.3) is 0 Å². The van der Waals surface area contributed by atoms with Crippen molar-refractivity contribution in [2.45, 2.75) is 13.2 Å². The zero-order valence-corrected chi connectivity index (χ0v) is 3.92. The highest BCUT2D eigenvalue weighted by atomic mass is 16.7. The minimum atomic E-state index is -1.34. The van der Waals surface area contributed by atoms with Crippen LogP contribution in [0.5, 0.6) is 0 Å². The number of rotatable bonds is 1. The van der Waals surface area contributed by atoms with Crippen LogP contribution in [0, 0.1) is 0 Å². The summed E-state index contributed by atoms with van der Waals surface area (Å²) in [6.07, 6.45) is -2.06. The third-order valence-electron chi connectivity index (χ3n) is 0.287. The molecule has 0 heterocycles. The lowest BCUT2D eigenvalue weighted by molar-refractivity contribution is 0.0616. The molecule has 0 aromatic heterocycles. The Morgan fingerprint density at radius 2 is 2.43 bits per heavy atom. The van der Waals surface area contributed by atoms with Crippen LogP contribution in [-0.4, -0.2) is 17.5 Å². The van der Waals surface area contributed by atoms with E-state index in [0.717, 1.165) is 0 Å². The van der Waals surface area contributed by atoms with E-state index in [2.05, 4.69) is 4.74 Å². The van der Waals surface area contributed by atoms with Crippen molar-refractivity contribution in [1.82, 2.24) is 0 Å². The third kappa shape index (κ3) is 5.23. The second-order valence-electron chi connectivity index (χ2n) is 1.09. The van der Waals surface area contributed by atoms with Crippen LogP contribution in [0.1, 0.15) is 6.92 Å². The fraction of sp³-hybridized carbons (Fsp3) is 0.667. The molecule has 0 aliphatic rings. The summed E-state index contributed by atoms with van der Waals surface area (Å²) in [4.78, 5) is 9.51. The van der Waals surface area contributed by atoms with Gasteiger partial charge in [-0.2, -0.15) is 0 Å². The first-order valence-electron chi connectivity index (χ1n) is 1.78. The average molecular weight is 105 g/mol. The van der Waals surface area contributed by atoms with E-state index in [0.29, 0.717) is 0 Å². The van der Waals surface area contributed by atoms with Crippen LogP contribution in [-0.2, 0) is 4.74 Å². The topological polar surface area (TPSA) is 72.5 Å². The fourth-order valence-corrected chi connectivity index (χ4v) is 0.159. The molecule has 0 fully saturated rings. The van der Waals surface area contributed by atoms with Crippen molar-refractivity contribution in [3.63, 3.8) is 0 Å². The maximum absolute atomic E-state index is 9.51. The number of hydrogen-bond acceptors (Lipinski definition) is 3. The molecule has 0 rings (SSSR count). The Morgan fingerprint density at radius 1 is 2.00 bits per heavy atom. The molecule has 0 aliphatic carbocycles. The van der Waals surface area contributed by atoms with Gasteiger partial charge < -0.3 is 9.84 Å². The zero-order chi connectivity index (χ0) is 5.86. The normalized spacial score (nSPS) is 12.9. The van der Waals surface area contributed by atoms with E-state index in [1.807, 2.05) is 0 Å². The molecule has 1 unspecified atom stereocenters. The Hall–Kier alpha value is -0.770. The van der Waals surface area contributed by atoms with Gasteiger partial charge in [0.05, 0.1) is 0 Å². The molecule has 0 aromatic carbocycles. The van der Waals surface area contributed by atoms with Crippen molar-refractivity contribution in [3.8, 4) is 0 Å². The van der Waals surface area contributed by atoms with Gasteiger partial charge in [-0.1, -0.05) is 0 Å². The average Bonchev–Trinajstić information content (AvgIpc) is 1.27. The highest BCUT2D eigenvalue weighted by Crippen LogP contribution is 1.78.